The van der Waals surface area contributed by atoms with Crippen molar-refractivity contribution in [2.45, 2.75) is 38.3 Å². The highest BCUT2D eigenvalue weighted by Crippen LogP contribution is 2.18. The first-order valence-electron chi connectivity index (χ1n) is 9.23. The summed E-state index contributed by atoms with van der Waals surface area (Å²) in [6.45, 7) is 5.26. The number of carbonyl (C=O) groups excluding carboxylic acids is 1. The van der Waals surface area contributed by atoms with E-state index in [0.29, 0.717) is 18.7 Å². The maximum Gasteiger partial charge on any atom is 0.221 e. The molecule has 0 aliphatic carbocycles. The molecular formula is C22H24FN3OS. The molecule has 28 heavy (non-hydrogen) atoms. The van der Waals surface area contributed by atoms with Crippen LogP contribution in [0, 0.1) is 19.7 Å². The van der Waals surface area contributed by atoms with Gasteiger partial charge in [-0.05, 0) is 55.3 Å². The highest BCUT2D eigenvalue weighted by molar-refractivity contribution is 7.99. The lowest BCUT2D eigenvalue weighted by molar-refractivity contribution is -0.120. The van der Waals surface area contributed by atoms with Crippen LogP contribution in [-0.2, 0) is 17.9 Å². The highest BCUT2D eigenvalue weighted by Gasteiger charge is 2.05. The average Bonchev–Trinajstić information content (AvgIpc) is 2.99. The summed E-state index contributed by atoms with van der Waals surface area (Å²) in [5, 5.41) is 7.46. The summed E-state index contributed by atoms with van der Waals surface area (Å²) < 4.78 is 14.9. The molecule has 0 aliphatic heterocycles. The first-order chi connectivity index (χ1) is 13.5. The molecule has 1 N–H and O–H groups in total. The van der Waals surface area contributed by atoms with E-state index in [4.69, 9.17) is 0 Å². The quantitative estimate of drug-likeness (QED) is 0.570. The predicted molar refractivity (Wildman–Crippen MR) is 111 cm³/mol. The summed E-state index contributed by atoms with van der Waals surface area (Å²) in [7, 11) is 0. The van der Waals surface area contributed by atoms with E-state index in [1.54, 1.807) is 23.9 Å². The number of thioether (sulfide) groups is 1. The van der Waals surface area contributed by atoms with Crippen LogP contribution in [0.5, 0.6) is 0 Å². The third-order valence-electron chi connectivity index (χ3n) is 4.33. The fourth-order valence-corrected chi connectivity index (χ4v) is 3.78. The van der Waals surface area contributed by atoms with Gasteiger partial charge in [-0.25, -0.2) is 4.39 Å². The van der Waals surface area contributed by atoms with Crippen molar-refractivity contribution in [1.29, 1.82) is 0 Å². The Morgan fingerprint density at radius 1 is 1.11 bits per heavy atom. The second kappa shape index (κ2) is 9.55. The van der Waals surface area contributed by atoms with Gasteiger partial charge in [0, 0.05) is 29.3 Å². The zero-order valence-electron chi connectivity index (χ0n) is 16.1. The number of amides is 1. The van der Waals surface area contributed by atoms with Gasteiger partial charge in [-0.15, -0.1) is 11.8 Å². The van der Waals surface area contributed by atoms with Crippen molar-refractivity contribution in [3.63, 3.8) is 0 Å². The van der Waals surface area contributed by atoms with E-state index in [1.807, 2.05) is 30.7 Å². The maximum atomic E-state index is 12.9. The van der Waals surface area contributed by atoms with E-state index in [0.717, 1.165) is 34.0 Å². The largest absolute Gasteiger partial charge is 0.352 e. The molecule has 0 bridgehead atoms. The van der Waals surface area contributed by atoms with Crippen LogP contribution in [0.3, 0.4) is 0 Å². The van der Waals surface area contributed by atoms with Gasteiger partial charge in [-0.1, -0.05) is 24.3 Å². The number of carbonyl (C=O) groups is 1. The Hall–Kier alpha value is -2.60. The summed E-state index contributed by atoms with van der Waals surface area (Å²) in [6.07, 6.45) is 0.424. The predicted octanol–water partition coefficient (Wildman–Crippen LogP) is 4.49. The van der Waals surface area contributed by atoms with E-state index >= 15 is 0 Å². The van der Waals surface area contributed by atoms with Crippen molar-refractivity contribution >= 4 is 17.7 Å². The van der Waals surface area contributed by atoms with Crippen LogP contribution in [0.25, 0.3) is 0 Å². The molecular weight excluding hydrogens is 373 g/mol. The molecule has 0 radical (unpaired) electrons. The molecule has 0 unspecified atom stereocenters. The minimum absolute atomic E-state index is 0.0126. The minimum atomic E-state index is -0.248. The van der Waals surface area contributed by atoms with Gasteiger partial charge in [0.15, 0.2) is 0 Å². The van der Waals surface area contributed by atoms with Crippen molar-refractivity contribution in [3.8, 4) is 0 Å². The van der Waals surface area contributed by atoms with Crippen LogP contribution < -0.4 is 5.32 Å². The summed E-state index contributed by atoms with van der Waals surface area (Å²) in [5.74, 6) is 0.427. The fourth-order valence-electron chi connectivity index (χ4n) is 2.93. The Labute approximate surface area is 169 Å². The normalized spacial score (nSPS) is 10.8. The lowest BCUT2D eigenvalue weighted by Gasteiger charge is -2.09. The number of rotatable bonds is 8. The van der Waals surface area contributed by atoms with E-state index in [2.05, 4.69) is 28.6 Å². The standard InChI is InChI=1S/C22H24FN3OS/c1-16-12-17(2)26(25-16)15-19-5-3-4-18(13-19)14-24-22(27)10-11-28-21-8-6-20(23)7-9-21/h3-9,12-13H,10-11,14-15H2,1-2H3,(H,24,27). The molecule has 3 rings (SSSR count). The van der Waals surface area contributed by atoms with Gasteiger partial charge >= 0.3 is 0 Å². The monoisotopic (exact) mass is 397 g/mol. The number of aryl methyl sites for hydroxylation is 2. The van der Waals surface area contributed by atoms with Crippen LogP contribution in [0.15, 0.2) is 59.5 Å². The lowest BCUT2D eigenvalue weighted by Crippen LogP contribution is -2.23. The summed E-state index contributed by atoms with van der Waals surface area (Å²) in [6, 6.07) is 16.6. The van der Waals surface area contributed by atoms with Crippen LogP contribution in [0.2, 0.25) is 0 Å². The Morgan fingerprint density at radius 3 is 2.57 bits per heavy atom. The van der Waals surface area contributed by atoms with Gasteiger partial charge in [0.2, 0.25) is 5.91 Å². The molecule has 4 nitrogen and oxygen atoms in total. The Bertz CT molecular complexity index is 937. The Kier molecular flexibility index (Phi) is 6.87. The zero-order valence-corrected chi connectivity index (χ0v) is 16.9. The summed E-state index contributed by atoms with van der Waals surface area (Å²) in [5.41, 5.74) is 4.37. The van der Waals surface area contributed by atoms with Crippen LogP contribution in [0.1, 0.15) is 28.9 Å². The van der Waals surface area contributed by atoms with Crippen molar-refractivity contribution in [3.05, 3.63) is 82.9 Å². The van der Waals surface area contributed by atoms with E-state index in [1.165, 1.54) is 12.1 Å². The molecule has 0 atom stereocenters. The molecule has 0 fully saturated rings. The zero-order chi connectivity index (χ0) is 19.9. The third-order valence-corrected chi connectivity index (χ3v) is 5.34. The second-order valence-electron chi connectivity index (χ2n) is 6.73. The number of hydrogen-bond acceptors (Lipinski definition) is 3. The summed E-state index contributed by atoms with van der Waals surface area (Å²) >= 11 is 1.55. The van der Waals surface area contributed by atoms with Crippen LogP contribution in [-0.4, -0.2) is 21.4 Å². The molecule has 2 aromatic carbocycles. The highest BCUT2D eigenvalue weighted by atomic mass is 32.2. The Balaban J connectivity index is 1.45. The molecule has 3 aromatic rings. The average molecular weight is 398 g/mol. The molecule has 1 heterocycles. The number of aromatic nitrogens is 2. The summed E-state index contributed by atoms with van der Waals surface area (Å²) in [4.78, 5) is 13.0. The fraction of sp³-hybridized carbons (Fsp3) is 0.273. The number of hydrogen-bond donors (Lipinski definition) is 1. The molecule has 1 amide bonds. The third kappa shape index (κ3) is 5.96. The number of halogens is 1. The molecule has 0 saturated heterocycles. The van der Waals surface area contributed by atoms with Gasteiger partial charge < -0.3 is 5.32 Å². The number of nitrogens with zero attached hydrogens (tertiary/aromatic N) is 2. The van der Waals surface area contributed by atoms with Crippen molar-refractivity contribution in [2.75, 3.05) is 5.75 Å². The minimum Gasteiger partial charge on any atom is -0.352 e. The van der Waals surface area contributed by atoms with Gasteiger partial charge in [-0.3, -0.25) is 9.48 Å². The van der Waals surface area contributed by atoms with E-state index < -0.39 is 0 Å². The van der Waals surface area contributed by atoms with E-state index in [9.17, 15) is 9.18 Å². The van der Waals surface area contributed by atoms with Gasteiger partial charge in [-0.2, -0.15) is 5.10 Å². The van der Waals surface area contributed by atoms with Gasteiger partial charge in [0.1, 0.15) is 5.82 Å². The van der Waals surface area contributed by atoms with E-state index in [-0.39, 0.29) is 11.7 Å². The van der Waals surface area contributed by atoms with Crippen molar-refractivity contribution in [1.82, 2.24) is 15.1 Å². The Morgan fingerprint density at radius 2 is 1.86 bits per heavy atom. The molecule has 0 saturated carbocycles. The first-order valence-corrected chi connectivity index (χ1v) is 10.2. The molecule has 146 valence electrons. The molecule has 6 heteroatoms. The maximum absolute atomic E-state index is 12.9. The van der Waals surface area contributed by atoms with Gasteiger partial charge in [0.25, 0.3) is 0 Å². The second-order valence-corrected chi connectivity index (χ2v) is 7.90. The van der Waals surface area contributed by atoms with Crippen molar-refractivity contribution < 1.29 is 9.18 Å². The van der Waals surface area contributed by atoms with Crippen LogP contribution >= 0.6 is 11.8 Å². The van der Waals surface area contributed by atoms with Gasteiger partial charge in [0.05, 0.1) is 12.2 Å². The SMILES string of the molecule is Cc1cc(C)n(Cc2cccc(CNC(=O)CCSc3ccc(F)cc3)c2)n1. The molecule has 0 aliphatic rings. The number of nitrogens with one attached hydrogen (secondary N) is 1. The van der Waals surface area contributed by atoms with Crippen LogP contribution in [0.4, 0.5) is 4.39 Å². The number of benzene rings is 2. The lowest BCUT2D eigenvalue weighted by atomic mass is 10.1. The first kappa shape index (κ1) is 20.1. The smallest absolute Gasteiger partial charge is 0.221 e. The topological polar surface area (TPSA) is 46.9 Å². The molecule has 0 spiro atoms. The molecule has 1 aromatic heterocycles. The van der Waals surface area contributed by atoms with Crippen molar-refractivity contribution in [2.24, 2.45) is 0 Å².